The van der Waals surface area contributed by atoms with Crippen LogP contribution in [0.2, 0.25) is 0 Å². The third-order valence-electron chi connectivity index (χ3n) is 4.89. The van der Waals surface area contributed by atoms with Crippen LogP contribution in [0.15, 0.2) is 4.52 Å². The van der Waals surface area contributed by atoms with E-state index in [2.05, 4.69) is 30.3 Å². The molecule has 0 aromatic carbocycles. The van der Waals surface area contributed by atoms with Crippen molar-refractivity contribution in [3.8, 4) is 0 Å². The van der Waals surface area contributed by atoms with Gasteiger partial charge < -0.3 is 14.7 Å². The number of amides is 1. The molecule has 1 N–H and O–H groups in total. The first-order valence-electron chi connectivity index (χ1n) is 9.02. The third kappa shape index (κ3) is 3.26. The normalized spacial score (nSPS) is 17.4. The lowest BCUT2D eigenvalue weighted by Gasteiger charge is -2.29. The second kappa shape index (κ2) is 6.99. The van der Waals surface area contributed by atoms with Crippen LogP contribution in [0.4, 0.5) is 5.95 Å². The molecule has 0 atom stereocenters. The van der Waals surface area contributed by atoms with E-state index in [0.717, 1.165) is 50.2 Å². The fraction of sp³-hybridized carbons (Fsp3) is 0.588. The van der Waals surface area contributed by atoms with Crippen LogP contribution in [0, 0.1) is 6.92 Å². The van der Waals surface area contributed by atoms with Crippen LogP contribution >= 0.6 is 0 Å². The summed E-state index contributed by atoms with van der Waals surface area (Å²) in [6.07, 6.45) is 2.88. The lowest BCUT2D eigenvalue weighted by Crippen LogP contribution is -2.36. The zero-order valence-corrected chi connectivity index (χ0v) is 15.2. The highest BCUT2D eigenvalue weighted by Crippen LogP contribution is 2.25. The number of carbonyl (C=O) groups is 1. The molecule has 0 spiro atoms. The number of aryl methyl sites for hydroxylation is 1. The summed E-state index contributed by atoms with van der Waals surface area (Å²) >= 11 is 0. The average Bonchev–Trinajstić information content (AvgIpc) is 3.32. The minimum atomic E-state index is 0.00753. The van der Waals surface area contributed by atoms with E-state index in [9.17, 15) is 4.79 Å². The Hall–Kier alpha value is -2.55. The summed E-state index contributed by atoms with van der Waals surface area (Å²) in [6.45, 7) is 5.40. The summed E-state index contributed by atoms with van der Waals surface area (Å²) in [6, 6.07) is 0. The lowest BCUT2D eigenvalue weighted by molar-refractivity contribution is 0.0783. The van der Waals surface area contributed by atoms with Crippen LogP contribution < -0.4 is 5.32 Å². The zero-order chi connectivity index (χ0) is 18.1. The standard InChI is InChI=1S/C17H23N7O2/c1-11-19-14(26-22-11)10-23-8-5-13-12(9-23)15(21-17(18-2)20-13)16(25)24-6-3-4-7-24/h3-10H2,1-2H3,(H,18,20,21). The molecule has 2 aliphatic rings. The van der Waals surface area contributed by atoms with Gasteiger partial charge in [-0.1, -0.05) is 5.16 Å². The Balaban J connectivity index is 1.62. The summed E-state index contributed by atoms with van der Waals surface area (Å²) in [5.74, 6) is 1.73. The van der Waals surface area contributed by atoms with Crippen LogP contribution in [0.25, 0.3) is 0 Å². The average molecular weight is 357 g/mol. The Bertz CT molecular complexity index is 813. The van der Waals surface area contributed by atoms with Crippen LogP contribution in [0.5, 0.6) is 0 Å². The monoisotopic (exact) mass is 357 g/mol. The van der Waals surface area contributed by atoms with Crippen molar-refractivity contribution in [1.82, 2.24) is 29.9 Å². The third-order valence-corrected chi connectivity index (χ3v) is 4.89. The number of nitrogens with one attached hydrogen (secondary N) is 1. The maximum atomic E-state index is 13.0. The first kappa shape index (κ1) is 16.9. The molecule has 0 unspecified atom stereocenters. The number of anilines is 1. The molecule has 2 aromatic heterocycles. The number of hydrogen-bond donors (Lipinski definition) is 1. The summed E-state index contributed by atoms with van der Waals surface area (Å²) in [5.41, 5.74) is 2.39. The van der Waals surface area contributed by atoms with E-state index in [1.165, 1.54) is 0 Å². The van der Waals surface area contributed by atoms with Crippen molar-refractivity contribution in [1.29, 1.82) is 0 Å². The van der Waals surface area contributed by atoms with Crippen molar-refractivity contribution in [2.45, 2.75) is 39.3 Å². The molecule has 9 nitrogen and oxygen atoms in total. The maximum Gasteiger partial charge on any atom is 0.273 e. The fourth-order valence-corrected chi connectivity index (χ4v) is 3.56. The number of hydrogen-bond acceptors (Lipinski definition) is 8. The van der Waals surface area contributed by atoms with Gasteiger partial charge >= 0.3 is 0 Å². The van der Waals surface area contributed by atoms with Gasteiger partial charge in [0, 0.05) is 45.2 Å². The van der Waals surface area contributed by atoms with Gasteiger partial charge in [-0.25, -0.2) is 9.97 Å². The molecule has 2 aromatic rings. The van der Waals surface area contributed by atoms with E-state index in [4.69, 9.17) is 4.52 Å². The van der Waals surface area contributed by atoms with Crippen molar-refractivity contribution in [3.05, 3.63) is 28.7 Å². The Kier molecular flexibility index (Phi) is 4.54. The van der Waals surface area contributed by atoms with Gasteiger partial charge in [-0.05, 0) is 19.8 Å². The molecule has 9 heteroatoms. The van der Waals surface area contributed by atoms with Gasteiger partial charge in [0.1, 0.15) is 5.69 Å². The number of rotatable bonds is 4. The lowest BCUT2D eigenvalue weighted by atomic mass is 10.0. The minimum absolute atomic E-state index is 0.00753. The summed E-state index contributed by atoms with van der Waals surface area (Å²) in [7, 11) is 1.78. The molecule has 4 rings (SSSR count). The van der Waals surface area contributed by atoms with Gasteiger partial charge in [0.2, 0.25) is 11.8 Å². The fourth-order valence-electron chi connectivity index (χ4n) is 3.56. The maximum absolute atomic E-state index is 13.0. The van der Waals surface area contributed by atoms with Crippen LogP contribution in [-0.2, 0) is 19.5 Å². The van der Waals surface area contributed by atoms with Gasteiger partial charge in [0.05, 0.1) is 12.2 Å². The van der Waals surface area contributed by atoms with Crippen LogP contribution in [-0.4, -0.2) is 62.5 Å². The van der Waals surface area contributed by atoms with Crippen molar-refractivity contribution in [2.75, 3.05) is 32.0 Å². The Labute approximate surface area is 151 Å². The van der Waals surface area contributed by atoms with Crippen molar-refractivity contribution >= 4 is 11.9 Å². The summed E-state index contributed by atoms with van der Waals surface area (Å²) in [4.78, 5) is 30.4. The predicted molar refractivity (Wildman–Crippen MR) is 93.6 cm³/mol. The van der Waals surface area contributed by atoms with Gasteiger partial charge in [-0.15, -0.1) is 0 Å². The molecule has 0 aliphatic carbocycles. The predicted octanol–water partition coefficient (Wildman–Crippen LogP) is 1.00. The highest BCUT2D eigenvalue weighted by molar-refractivity contribution is 5.94. The highest BCUT2D eigenvalue weighted by Gasteiger charge is 2.29. The molecule has 4 heterocycles. The smallest absolute Gasteiger partial charge is 0.273 e. The van der Waals surface area contributed by atoms with Crippen molar-refractivity contribution in [2.24, 2.45) is 0 Å². The van der Waals surface area contributed by atoms with E-state index >= 15 is 0 Å². The number of aromatic nitrogens is 4. The molecule has 0 radical (unpaired) electrons. The SMILES string of the molecule is CNc1nc2c(c(C(=O)N3CCCC3)n1)CN(Cc1nc(C)no1)CC2. The summed E-state index contributed by atoms with van der Waals surface area (Å²) < 4.78 is 5.23. The molecule has 1 saturated heterocycles. The molecule has 1 fully saturated rings. The van der Waals surface area contributed by atoms with Gasteiger partial charge in [0.25, 0.3) is 5.91 Å². The molecule has 0 saturated carbocycles. The Morgan fingerprint density at radius 3 is 2.69 bits per heavy atom. The van der Waals surface area contributed by atoms with E-state index < -0.39 is 0 Å². The molecular weight excluding hydrogens is 334 g/mol. The number of nitrogens with zero attached hydrogens (tertiary/aromatic N) is 6. The van der Waals surface area contributed by atoms with E-state index in [1.807, 2.05) is 4.90 Å². The molecule has 138 valence electrons. The molecule has 2 aliphatic heterocycles. The number of fused-ring (bicyclic) bond motifs is 1. The van der Waals surface area contributed by atoms with Gasteiger partial charge in [-0.2, -0.15) is 4.98 Å². The van der Waals surface area contributed by atoms with Gasteiger partial charge in [-0.3, -0.25) is 9.69 Å². The second-order valence-corrected chi connectivity index (χ2v) is 6.77. The first-order chi connectivity index (χ1) is 12.6. The molecule has 0 bridgehead atoms. The van der Waals surface area contributed by atoms with E-state index in [1.54, 1.807) is 14.0 Å². The highest BCUT2D eigenvalue weighted by atomic mass is 16.5. The minimum Gasteiger partial charge on any atom is -0.357 e. The first-order valence-corrected chi connectivity index (χ1v) is 9.02. The van der Waals surface area contributed by atoms with Crippen molar-refractivity contribution in [3.63, 3.8) is 0 Å². The Morgan fingerprint density at radius 2 is 2.00 bits per heavy atom. The quantitative estimate of drug-likeness (QED) is 0.865. The number of carbonyl (C=O) groups excluding carboxylic acids is 1. The van der Waals surface area contributed by atoms with Gasteiger partial charge in [0.15, 0.2) is 5.82 Å². The van der Waals surface area contributed by atoms with Crippen LogP contribution in [0.1, 0.15) is 46.3 Å². The topological polar surface area (TPSA) is 100 Å². The number of likely N-dealkylation sites (tertiary alicyclic amines) is 1. The van der Waals surface area contributed by atoms with Crippen molar-refractivity contribution < 1.29 is 9.32 Å². The molecule has 26 heavy (non-hydrogen) atoms. The second-order valence-electron chi connectivity index (χ2n) is 6.77. The van der Waals surface area contributed by atoms with E-state index in [0.29, 0.717) is 36.4 Å². The molecule has 1 amide bonds. The largest absolute Gasteiger partial charge is 0.357 e. The Morgan fingerprint density at radius 1 is 1.19 bits per heavy atom. The zero-order valence-electron chi connectivity index (χ0n) is 15.2. The van der Waals surface area contributed by atoms with Crippen LogP contribution in [0.3, 0.4) is 0 Å². The summed E-state index contributed by atoms with van der Waals surface area (Å²) in [5, 5.41) is 6.82. The van der Waals surface area contributed by atoms with E-state index in [-0.39, 0.29) is 5.91 Å². The molecular formula is C17H23N7O2.